The molecular weight excluding hydrogens is 481 g/mol. The number of hydrogen-bond acceptors (Lipinski definition) is 11. The van der Waals surface area contributed by atoms with E-state index in [1.807, 2.05) is 0 Å². The first-order chi connectivity index (χ1) is 15.6. The smallest absolute Gasteiger partial charge is 0.726 e. The third-order valence-electron chi connectivity index (χ3n) is 5.54. The molecule has 0 saturated carbocycles. The van der Waals surface area contributed by atoms with Gasteiger partial charge < -0.3 is 34.3 Å². The summed E-state index contributed by atoms with van der Waals surface area (Å²) in [6, 6.07) is -0.725. The van der Waals surface area contributed by atoms with Crippen molar-refractivity contribution < 1.29 is 75.6 Å². The second-order valence-corrected chi connectivity index (χ2v) is 9.38. The van der Waals surface area contributed by atoms with Gasteiger partial charge >= 0.3 is 35.5 Å². The van der Waals surface area contributed by atoms with Crippen molar-refractivity contribution in [2.75, 3.05) is 26.4 Å². The van der Waals surface area contributed by atoms with Gasteiger partial charge in [0.15, 0.2) is 5.79 Å². The first-order valence-corrected chi connectivity index (χ1v) is 12.8. The molecule has 2 saturated heterocycles. The maximum atomic E-state index is 11.3. The molecule has 0 radical (unpaired) electrons. The van der Waals surface area contributed by atoms with Crippen molar-refractivity contribution in [1.29, 1.82) is 0 Å². The van der Waals surface area contributed by atoms with Gasteiger partial charge in [-0.25, -0.2) is 13.2 Å². The zero-order chi connectivity index (χ0) is 24.3. The van der Waals surface area contributed by atoms with Gasteiger partial charge in [0.1, 0.15) is 6.10 Å². The first-order valence-electron chi connectivity index (χ1n) is 11.4. The molecule has 2 heterocycles. The Hall–Kier alpha value is -0.120. The summed E-state index contributed by atoms with van der Waals surface area (Å²) < 4.78 is 58.0. The van der Waals surface area contributed by atoms with E-state index in [0.29, 0.717) is 38.9 Å². The molecule has 0 aliphatic carbocycles. The number of carbonyl (C=O) groups is 1. The molecule has 0 spiro atoms. The van der Waals surface area contributed by atoms with E-state index in [0.717, 1.165) is 25.7 Å². The summed E-state index contributed by atoms with van der Waals surface area (Å²) in [4.78, 5) is 11.3. The fraction of sp³-hybridized carbons (Fsp3) is 0.857. The summed E-state index contributed by atoms with van der Waals surface area (Å²) >= 11 is 0. The standard InChI is InChI=1S/C21H37NO10S.Na/c1-2-29-19(24)9-6-4-3-5-8-18-20-17(23)10-12-21(31-18,32-20)11-7-13-28-14-16(22)15-30-33(25,26)27;/h6,9,16-18,20,23H,2-5,7-8,10-15,22H2,1H3,(H,25,26,27);/q;+1/p-1/b9-6+;/t16-,17?,18+,20+,21?;/m1./s1. The molecular formula is C21H36NNaO10S. The van der Waals surface area contributed by atoms with E-state index in [2.05, 4.69) is 4.18 Å². The summed E-state index contributed by atoms with van der Waals surface area (Å²) in [6.07, 6.45) is 7.85. The molecule has 192 valence electrons. The van der Waals surface area contributed by atoms with Crippen LogP contribution in [0.2, 0.25) is 0 Å². The van der Waals surface area contributed by atoms with Gasteiger partial charge in [-0.05, 0) is 39.0 Å². The largest absolute Gasteiger partial charge is 1.00 e. The topological polar surface area (TPSA) is 167 Å². The summed E-state index contributed by atoms with van der Waals surface area (Å²) in [5.41, 5.74) is 5.65. The first kappa shape index (κ1) is 31.9. The Balaban J connectivity index is 0.00000578. The van der Waals surface area contributed by atoms with Gasteiger partial charge in [-0.2, -0.15) is 0 Å². The number of unbranched alkanes of at least 4 members (excludes halogenated alkanes) is 2. The van der Waals surface area contributed by atoms with E-state index in [-0.39, 0.29) is 54.3 Å². The number of fused-ring (bicyclic) bond motifs is 2. The molecule has 0 amide bonds. The van der Waals surface area contributed by atoms with Crippen LogP contribution in [0.15, 0.2) is 12.2 Å². The minimum Gasteiger partial charge on any atom is -0.726 e. The molecule has 2 unspecified atom stereocenters. The van der Waals surface area contributed by atoms with Crippen molar-refractivity contribution in [2.24, 2.45) is 5.73 Å². The Morgan fingerprint density at radius 2 is 2.06 bits per heavy atom. The van der Waals surface area contributed by atoms with Gasteiger partial charge in [0.25, 0.3) is 0 Å². The van der Waals surface area contributed by atoms with Crippen LogP contribution in [0.25, 0.3) is 0 Å². The van der Waals surface area contributed by atoms with Crippen LogP contribution in [0.5, 0.6) is 0 Å². The quantitative estimate of drug-likeness (QED) is 0.0575. The normalized spacial score (nSPS) is 27.5. The van der Waals surface area contributed by atoms with Crippen LogP contribution in [0, 0.1) is 0 Å². The number of carbonyl (C=O) groups excluding carboxylic acids is 1. The Morgan fingerprint density at radius 1 is 1.29 bits per heavy atom. The number of esters is 1. The average molecular weight is 518 g/mol. The van der Waals surface area contributed by atoms with Crippen LogP contribution in [0.3, 0.4) is 0 Å². The molecule has 2 rings (SSSR count). The number of aliphatic hydroxyl groups is 1. The fourth-order valence-electron chi connectivity index (χ4n) is 4.01. The van der Waals surface area contributed by atoms with Crippen molar-refractivity contribution in [3.8, 4) is 0 Å². The predicted octanol–water partition coefficient (Wildman–Crippen LogP) is -2.09. The summed E-state index contributed by atoms with van der Waals surface area (Å²) in [7, 11) is -4.76. The SMILES string of the molecule is CCOC(=O)/C=C/CCCC[C@@H]1OC2(CCCOC[C@@H](N)COS(=O)(=O)[O-])CCC(O)[C@@H]1O2.[Na+]. The van der Waals surface area contributed by atoms with E-state index < -0.39 is 34.9 Å². The van der Waals surface area contributed by atoms with Crippen molar-refractivity contribution in [1.82, 2.24) is 0 Å². The van der Waals surface area contributed by atoms with Gasteiger partial charge in [0.2, 0.25) is 10.4 Å². The number of hydrogen-bond donors (Lipinski definition) is 2. The van der Waals surface area contributed by atoms with Crippen molar-refractivity contribution >= 4 is 16.4 Å². The fourth-order valence-corrected chi connectivity index (χ4v) is 4.35. The second-order valence-electron chi connectivity index (χ2n) is 8.33. The molecule has 5 atom stereocenters. The third-order valence-corrected chi connectivity index (χ3v) is 5.96. The van der Waals surface area contributed by atoms with Gasteiger partial charge in [0.05, 0.1) is 38.1 Å². The van der Waals surface area contributed by atoms with Crippen LogP contribution in [0.1, 0.15) is 58.3 Å². The predicted molar refractivity (Wildman–Crippen MR) is 116 cm³/mol. The molecule has 2 aliphatic heterocycles. The average Bonchev–Trinajstić information content (AvgIpc) is 3.05. The number of ether oxygens (including phenoxy) is 4. The molecule has 11 nitrogen and oxygen atoms in total. The zero-order valence-corrected chi connectivity index (χ0v) is 22.9. The maximum Gasteiger partial charge on any atom is 1.00 e. The minimum atomic E-state index is -4.76. The number of nitrogens with two attached hydrogens (primary N) is 1. The van der Waals surface area contributed by atoms with Crippen LogP contribution in [-0.4, -0.2) is 80.6 Å². The Bertz CT molecular complexity index is 737. The number of allylic oxidation sites excluding steroid dienone is 1. The molecule has 0 aromatic heterocycles. The molecule has 0 aromatic carbocycles. The molecule has 2 bridgehead atoms. The van der Waals surface area contributed by atoms with Crippen LogP contribution in [-0.2, 0) is 38.3 Å². The van der Waals surface area contributed by atoms with Gasteiger partial charge in [-0.15, -0.1) is 0 Å². The molecule has 0 aromatic rings. The molecule has 3 N–H and O–H groups in total. The number of rotatable bonds is 16. The van der Waals surface area contributed by atoms with Gasteiger partial charge in [-0.3, -0.25) is 4.18 Å². The number of aliphatic hydroxyl groups excluding tert-OH is 1. The van der Waals surface area contributed by atoms with Crippen LogP contribution < -0.4 is 35.3 Å². The summed E-state index contributed by atoms with van der Waals surface area (Å²) in [5.74, 6) is -1.07. The second kappa shape index (κ2) is 15.9. The van der Waals surface area contributed by atoms with Gasteiger partial charge in [0, 0.05) is 25.5 Å². The van der Waals surface area contributed by atoms with Crippen molar-refractivity contribution in [3.05, 3.63) is 12.2 Å². The molecule has 2 aliphatic rings. The van der Waals surface area contributed by atoms with Crippen molar-refractivity contribution in [3.63, 3.8) is 0 Å². The Labute approximate surface area is 223 Å². The Morgan fingerprint density at radius 3 is 2.76 bits per heavy atom. The van der Waals surface area contributed by atoms with E-state index in [4.69, 9.17) is 24.7 Å². The van der Waals surface area contributed by atoms with E-state index in [9.17, 15) is 22.9 Å². The summed E-state index contributed by atoms with van der Waals surface area (Å²) in [6.45, 7) is 2.11. The molecule has 13 heteroatoms. The zero-order valence-electron chi connectivity index (χ0n) is 20.1. The maximum absolute atomic E-state index is 11.3. The minimum absolute atomic E-state index is 0. The summed E-state index contributed by atoms with van der Waals surface area (Å²) in [5, 5.41) is 10.3. The van der Waals surface area contributed by atoms with Crippen molar-refractivity contribution in [2.45, 2.75) is 88.4 Å². The molecule has 34 heavy (non-hydrogen) atoms. The van der Waals surface area contributed by atoms with Crippen LogP contribution in [0.4, 0.5) is 0 Å². The van der Waals surface area contributed by atoms with E-state index in [1.165, 1.54) is 6.08 Å². The monoisotopic (exact) mass is 517 g/mol. The van der Waals surface area contributed by atoms with E-state index >= 15 is 0 Å². The molecule has 2 fully saturated rings. The third kappa shape index (κ3) is 11.7. The van der Waals surface area contributed by atoms with Gasteiger partial charge in [-0.1, -0.05) is 12.5 Å². The van der Waals surface area contributed by atoms with Crippen LogP contribution >= 0.6 is 0 Å². The van der Waals surface area contributed by atoms with E-state index in [1.54, 1.807) is 13.0 Å². The Kier molecular flexibility index (Phi) is 14.9.